The second-order valence-corrected chi connectivity index (χ2v) is 5.07. The maximum absolute atomic E-state index is 11.7. The fraction of sp³-hybridized carbons (Fsp3) is 0.125. The summed E-state index contributed by atoms with van der Waals surface area (Å²) in [4.78, 5) is 46.2. The van der Waals surface area contributed by atoms with Crippen LogP contribution in [0.3, 0.4) is 0 Å². The second kappa shape index (κ2) is 5.99. The zero-order valence-corrected chi connectivity index (χ0v) is 12.1. The van der Waals surface area contributed by atoms with E-state index in [-0.39, 0.29) is 17.6 Å². The number of aromatic carboxylic acids is 2. The molecule has 0 saturated carbocycles. The predicted octanol–water partition coefficient (Wildman–Crippen LogP) is 1.58. The zero-order chi connectivity index (χ0) is 18.1. The van der Waals surface area contributed by atoms with E-state index < -0.39 is 40.4 Å². The first-order chi connectivity index (χ1) is 11.2. The molecule has 0 aliphatic heterocycles. The summed E-state index contributed by atoms with van der Waals surface area (Å²) in [6.45, 7) is 0. The van der Waals surface area contributed by atoms with Crippen LogP contribution in [-0.4, -0.2) is 44.3 Å². The molecule has 4 N–H and O–H groups in total. The summed E-state index contributed by atoms with van der Waals surface area (Å²) >= 11 is 0. The molecule has 0 spiro atoms. The van der Waals surface area contributed by atoms with Crippen molar-refractivity contribution in [2.75, 3.05) is 0 Å². The topological polar surface area (TPSA) is 149 Å². The number of rotatable bonds is 5. The van der Waals surface area contributed by atoms with Gasteiger partial charge in [-0.1, -0.05) is 30.4 Å². The van der Waals surface area contributed by atoms with Crippen molar-refractivity contribution in [3.8, 4) is 0 Å². The Hall–Kier alpha value is -3.42. The van der Waals surface area contributed by atoms with Gasteiger partial charge in [0.15, 0.2) is 5.41 Å². The summed E-state index contributed by atoms with van der Waals surface area (Å²) in [6.07, 6.45) is 3.53. The van der Waals surface area contributed by atoms with Gasteiger partial charge in [-0.25, -0.2) is 9.59 Å². The average molecular weight is 332 g/mol. The summed E-state index contributed by atoms with van der Waals surface area (Å²) in [5.41, 5.74) is -4.14. The van der Waals surface area contributed by atoms with E-state index in [0.717, 1.165) is 6.07 Å². The molecular weight excluding hydrogens is 320 g/mol. The van der Waals surface area contributed by atoms with Gasteiger partial charge < -0.3 is 20.4 Å². The van der Waals surface area contributed by atoms with Crippen LogP contribution in [0.2, 0.25) is 0 Å². The molecule has 0 aromatic heterocycles. The molecule has 0 unspecified atom stereocenters. The lowest BCUT2D eigenvalue weighted by Gasteiger charge is -2.29. The molecular formula is C16H12O8. The molecule has 24 heavy (non-hydrogen) atoms. The summed E-state index contributed by atoms with van der Waals surface area (Å²) in [7, 11) is 0. The van der Waals surface area contributed by atoms with Gasteiger partial charge in [0.25, 0.3) is 0 Å². The lowest BCUT2D eigenvalue weighted by atomic mass is 9.70. The van der Waals surface area contributed by atoms with E-state index in [1.807, 2.05) is 0 Å². The van der Waals surface area contributed by atoms with Gasteiger partial charge in [0.1, 0.15) is 0 Å². The zero-order valence-electron chi connectivity index (χ0n) is 12.1. The summed E-state index contributed by atoms with van der Waals surface area (Å²) < 4.78 is 0. The number of carboxylic acids is 4. The van der Waals surface area contributed by atoms with Crippen molar-refractivity contribution in [3.05, 3.63) is 53.1 Å². The van der Waals surface area contributed by atoms with E-state index in [4.69, 9.17) is 5.11 Å². The van der Waals surface area contributed by atoms with Gasteiger partial charge in [0.2, 0.25) is 0 Å². The van der Waals surface area contributed by atoms with Crippen LogP contribution in [-0.2, 0) is 9.59 Å². The Morgan fingerprint density at radius 2 is 1.54 bits per heavy atom. The minimum Gasteiger partial charge on any atom is -0.480 e. The predicted molar refractivity (Wildman–Crippen MR) is 79.8 cm³/mol. The molecule has 0 fully saturated rings. The molecule has 1 aliphatic carbocycles. The molecule has 0 saturated heterocycles. The van der Waals surface area contributed by atoms with Crippen LogP contribution in [0.4, 0.5) is 0 Å². The monoisotopic (exact) mass is 332 g/mol. The molecule has 0 amide bonds. The van der Waals surface area contributed by atoms with E-state index in [9.17, 15) is 34.5 Å². The Bertz CT molecular complexity index is 801. The quantitative estimate of drug-likeness (QED) is 0.594. The van der Waals surface area contributed by atoms with Crippen LogP contribution in [0.1, 0.15) is 32.7 Å². The number of hydrogen-bond donors (Lipinski definition) is 4. The fourth-order valence-corrected chi connectivity index (χ4v) is 2.66. The first kappa shape index (κ1) is 16.9. The first-order valence-electron chi connectivity index (χ1n) is 6.67. The molecule has 124 valence electrons. The van der Waals surface area contributed by atoms with Gasteiger partial charge in [-0.15, -0.1) is 0 Å². The van der Waals surface area contributed by atoms with Crippen molar-refractivity contribution in [1.29, 1.82) is 0 Å². The third kappa shape index (κ3) is 2.43. The summed E-state index contributed by atoms with van der Waals surface area (Å²) in [5.74, 6) is -6.44. The number of aliphatic carboxylic acids is 2. The van der Waals surface area contributed by atoms with Crippen LogP contribution < -0.4 is 0 Å². The average Bonchev–Trinajstić information content (AvgIpc) is 2.53. The van der Waals surface area contributed by atoms with Crippen molar-refractivity contribution < 1.29 is 39.6 Å². The Morgan fingerprint density at radius 3 is 2.04 bits per heavy atom. The van der Waals surface area contributed by atoms with Crippen molar-refractivity contribution in [3.63, 3.8) is 0 Å². The van der Waals surface area contributed by atoms with E-state index in [1.54, 1.807) is 0 Å². The van der Waals surface area contributed by atoms with E-state index in [1.165, 1.54) is 30.4 Å². The number of carbonyl (C=O) groups is 4. The summed E-state index contributed by atoms with van der Waals surface area (Å²) in [5, 5.41) is 37.5. The Labute approximate surface area is 135 Å². The normalized spacial score (nSPS) is 15.4. The number of allylic oxidation sites excluding steroid dienone is 3. The molecule has 1 aromatic carbocycles. The van der Waals surface area contributed by atoms with E-state index in [0.29, 0.717) is 0 Å². The van der Waals surface area contributed by atoms with Gasteiger partial charge in [-0.2, -0.15) is 0 Å². The summed E-state index contributed by atoms with van der Waals surface area (Å²) in [6, 6.07) is 3.48. The highest BCUT2D eigenvalue weighted by Gasteiger charge is 2.51. The largest absolute Gasteiger partial charge is 0.480 e. The maximum atomic E-state index is 11.7. The van der Waals surface area contributed by atoms with Crippen LogP contribution >= 0.6 is 0 Å². The number of benzene rings is 1. The molecule has 1 aromatic rings. The van der Waals surface area contributed by atoms with Crippen LogP contribution in [0.25, 0.3) is 5.57 Å². The van der Waals surface area contributed by atoms with Crippen LogP contribution in [0.5, 0.6) is 0 Å². The minimum atomic E-state index is -2.39. The van der Waals surface area contributed by atoms with Gasteiger partial charge in [0.05, 0.1) is 11.1 Å². The highest BCUT2D eigenvalue weighted by atomic mass is 16.4. The third-order valence-electron chi connectivity index (χ3n) is 3.81. The molecule has 0 radical (unpaired) electrons. The SMILES string of the molecule is O=C(O)c1cccc(C2=CC=CCC2(C(=O)O)C(=O)O)c1C(=O)O. The standard InChI is InChI=1S/C16H12O8/c17-12(18)9-5-3-4-8(11(9)13(19)20)10-6-1-2-7-16(10,14(21)22)15(23)24/h1-6H,7H2,(H,17,18)(H,19,20)(H,21,22)(H,23,24). The lowest BCUT2D eigenvalue weighted by molar-refractivity contribution is -0.159. The van der Waals surface area contributed by atoms with Crippen molar-refractivity contribution in [2.24, 2.45) is 5.41 Å². The van der Waals surface area contributed by atoms with Crippen LogP contribution in [0, 0.1) is 5.41 Å². The molecule has 0 bridgehead atoms. The molecule has 8 heteroatoms. The van der Waals surface area contributed by atoms with Gasteiger partial charge in [-0.3, -0.25) is 9.59 Å². The van der Waals surface area contributed by atoms with Gasteiger partial charge in [-0.05, 0) is 23.6 Å². The maximum Gasteiger partial charge on any atom is 0.337 e. The number of hydrogen-bond acceptors (Lipinski definition) is 4. The van der Waals surface area contributed by atoms with Crippen LogP contribution in [0.15, 0.2) is 36.4 Å². The minimum absolute atomic E-state index is 0.253. The van der Waals surface area contributed by atoms with Crippen molar-refractivity contribution >= 4 is 29.5 Å². The Kier molecular flexibility index (Phi) is 4.23. The highest BCUT2D eigenvalue weighted by molar-refractivity contribution is 6.14. The number of carboxylic acid groups (broad SMARTS) is 4. The smallest absolute Gasteiger partial charge is 0.337 e. The van der Waals surface area contributed by atoms with Crippen molar-refractivity contribution in [1.82, 2.24) is 0 Å². The van der Waals surface area contributed by atoms with Crippen molar-refractivity contribution in [2.45, 2.75) is 6.42 Å². The molecule has 1 aliphatic rings. The molecule has 0 atom stereocenters. The Morgan fingerprint density at radius 1 is 0.917 bits per heavy atom. The fourth-order valence-electron chi connectivity index (χ4n) is 2.66. The lowest BCUT2D eigenvalue weighted by Crippen LogP contribution is -2.41. The Balaban J connectivity index is 2.85. The molecule has 8 nitrogen and oxygen atoms in total. The van der Waals surface area contributed by atoms with Gasteiger partial charge in [0, 0.05) is 0 Å². The first-order valence-corrected chi connectivity index (χ1v) is 6.67. The third-order valence-corrected chi connectivity index (χ3v) is 3.81. The van der Waals surface area contributed by atoms with Gasteiger partial charge >= 0.3 is 23.9 Å². The van der Waals surface area contributed by atoms with E-state index in [2.05, 4.69) is 0 Å². The van der Waals surface area contributed by atoms with E-state index >= 15 is 0 Å². The highest BCUT2D eigenvalue weighted by Crippen LogP contribution is 2.43. The molecule has 0 heterocycles. The second-order valence-electron chi connectivity index (χ2n) is 5.07. The molecule has 2 rings (SSSR count).